The van der Waals surface area contributed by atoms with Gasteiger partial charge < -0.3 is 5.32 Å². The maximum Gasteiger partial charge on any atom is 0.174 e. The third-order valence-electron chi connectivity index (χ3n) is 3.01. The van der Waals surface area contributed by atoms with E-state index in [1.807, 2.05) is 17.3 Å². The molecule has 0 bridgehead atoms. The largest absolute Gasteiger partial charge is 0.313 e. The second kappa shape index (κ2) is 6.57. The molecule has 1 aliphatic rings. The number of aromatic nitrogens is 2. The van der Waals surface area contributed by atoms with E-state index >= 15 is 0 Å². The lowest BCUT2D eigenvalue weighted by Crippen LogP contribution is -2.37. The van der Waals surface area contributed by atoms with Gasteiger partial charge in [0.15, 0.2) is 4.34 Å². The second-order valence-corrected chi connectivity index (χ2v) is 6.48. The third kappa shape index (κ3) is 3.43. The van der Waals surface area contributed by atoms with Crippen LogP contribution in [0.1, 0.15) is 39.0 Å². The van der Waals surface area contributed by atoms with Gasteiger partial charge in [0.2, 0.25) is 0 Å². The fourth-order valence-electron chi connectivity index (χ4n) is 2.25. The van der Waals surface area contributed by atoms with E-state index in [4.69, 9.17) is 0 Å². The Hall–Kier alpha value is -0.130. The van der Waals surface area contributed by atoms with Crippen LogP contribution in [0.5, 0.6) is 0 Å². The Morgan fingerprint density at radius 2 is 2.31 bits per heavy atom. The third-order valence-corrected chi connectivity index (χ3v) is 5.22. The minimum absolute atomic E-state index is 0.654. The van der Waals surface area contributed by atoms with Crippen molar-refractivity contribution in [2.45, 2.75) is 54.7 Å². The quantitative estimate of drug-likeness (QED) is 0.842. The number of rotatable bonds is 4. The first-order valence-corrected chi connectivity index (χ1v) is 7.82. The summed E-state index contributed by atoms with van der Waals surface area (Å²) >= 11 is 3.57. The van der Waals surface area contributed by atoms with Gasteiger partial charge in [-0.1, -0.05) is 49.3 Å². The minimum atomic E-state index is 0.654. The maximum atomic E-state index is 4.14. The maximum absolute atomic E-state index is 4.14. The minimum Gasteiger partial charge on any atom is -0.313 e. The summed E-state index contributed by atoms with van der Waals surface area (Å²) < 4.78 is 1.12. The number of thioether (sulfide) groups is 1. The van der Waals surface area contributed by atoms with Crippen LogP contribution in [0.2, 0.25) is 0 Å². The molecule has 2 rings (SSSR count). The lowest BCUT2D eigenvalue weighted by molar-refractivity contribution is 0.482. The molecule has 5 heteroatoms. The molecule has 0 aromatic carbocycles. The average molecular weight is 257 g/mol. The van der Waals surface area contributed by atoms with E-state index in [0.29, 0.717) is 11.3 Å². The molecular weight excluding hydrogens is 238 g/mol. The standard InChI is InChI=1S/C11H19N3S2/c1-2-12-9-6-4-3-5-7-10(9)16-11-14-13-8-15-11/h8-10,12H,2-7H2,1H3. The predicted molar refractivity (Wildman–Crippen MR) is 70.1 cm³/mol. The van der Waals surface area contributed by atoms with E-state index in [1.165, 1.54) is 32.1 Å². The number of nitrogens with zero attached hydrogens (tertiary/aromatic N) is 2. The van der Waals surface area contributed by atoms with Gasteiger partial charge in [0.1, 0.15) is 5.51 Å². The second-order valence-electron chi connectivity index (χ2n) is 4.16. The van der Waals surface area contributed by atoms with Gasteiger partial charge >= 0.3 is 0 Å². The van der Waals surface area contributed by atoms with Crippen LogP contribution in [0.15, 0.2) is 9.85 Å². The zero-order valence-electron chi connectivity index (χ0n) is 9.69. The molecule has 90 valence electrons. The molecule has 1 aliphatic carbocycles. The molecule has 1 saturated carbocycles. The van der Waals surface area contributed by atoms with Crippen molar-refractivity contribution < 1.29 is 0 Å². The van der Waals surface area contributed by atoms with Crippen LogP contribution in [-0.4, -0.2) is 28.0 Å². The van der Waals surface area contributed by atoms with Gasteiger partial charge in [-0.2, -0.15) is 0 Å². The molecule has 2 atom stereocenters. The van der Waals surface area contributed by atoms with Crippen molar-refractivity contribution in [3.05, 3.63) is 5.51 Å². The molecule has 16 heavy (non-hydrogen) atoms. The SMILES string of the molecule is CCNC1CCCCCC1Sc1nncs1. The van der Waals surface area contributed by atoms with Crippen LogP contribution in [0.25, 0.3) is 0 Å². The highest BCUT2D eigenvalue weighted by Gasteiger charge is 2.24. The molecule has 0 radical (unpaired) electrons. The van der Waals surface area contributed by atoms with Crippen molar-refractivity contribution in [2.24, 2.45) is 0 Å². The van der Waals surface area contributed by atoms with Crippen LogP contribution in [-0.2, 0) is 0 Å². The Bertz CT molecular complexity index is 289. The fraction of sp³-hybridized carbons (Fsp3) is 0.818. The van der Waals surface area contributed by atoms with E-state index in [-0.39, 0.29) is 0 Å². The molecule has 0 saturated heterocycles. The fourth-order valence-corrected chi connectivity index (χ4v) is 4.29. The topological polar surface area (TPSA) is 37.8 Å². The first-order chi connectivity index (χ1) is 7.90. The van der Waals surface area contributed by atoms with Gasteiger partial charge in [-0.15, -0.1) is 10.2 Å². The van der Waals surface area contributed by atoms with Crippen molar-refractivity contribution >= 4 is 23.1 Å². The summed E-state index contributed by atoms with van der Waals surface area (Å²) in [6.45, 7) is 3.26. The van der Waals surface area contributed by atoms with Crippen LogP contribution in [0, 0.1) is 0 Å². The highest BCUT2D eigenvalue weighted by Crippen LogP contribution is 2.33. The van der Waals surface area contributed by atoms with E-state index < -0.39 is 0 Å². The molecule has 3 nitrogen and oxygen atoms in total. The van der Waals surface area contributed by atoms with Crippen LogP contribution >= 0.6 is 23.1 Å². The van der Waals surface area contributed by atoms with Gasteiger partial charge in [-0.05, 0) is 19.4 Å². The molecule has 0 aliphatic heterocycles. The Morgan fingerprint density at radius 1 is 1.44 bits per heavy atom. The summed E-state index contributed by atoms with van der Waals surface area (Å²) in [5.41, 5.74) is 1.82. The van der Waals surface area contributed by atoms with Crippen molar-refractivity contribution in [3.63, 3.8) is 0 Å². The zero-order valence-corrected chi connectivity index (χ0v) is 11.3. The number of hydrogen-bond acceptors (Lipinski definition) is 5. The predicted octanol–water partition coefficient (Wildman–Crippen LogP) is 2.94. The van der Waals surface area contributed by atoms with Crippen molar-refractivity contribution in [1.82, 2.24) is 15.5 Å². The van der Waals surface area contributed by atoms with E-state index in [2.05, 4.69) is 22.4 Å². The lowest BCUT2D eigenvalue weighted by Gasteiger charge is -2.24. The zero-order chi connectivity index (χ0) is 11.2. The molecule has 1 N–H and O–H groups in total. The molecule has 1 fully saturated rings. The highest BCUT2D eigenvalue weighted by molar-refractivity contribution is 8.01. The van der Waals surface area contributed by atoms with Crippen molar-refractivity contribution in [1.29, 1.82) is 0 Å². The van der Waals surface area contributed by atoms with Gasteiger partial charge in [0, 0.05) is 11.3 Å². The molecular formula is C11H19N3S2. The average Bonchev–Trinajstić information content (AvgIpc) is 2.69. The Morgan fingerprint density at radius 3 is 3.06 bits per heavy atom. The van der Waals surface area contributed by atoms with E-state index in [1.54, 1.807) is 11.3 Å². The summed E-state index contributed by atoms with van der Waals surface area (Å²) in [6.07, 6.45) is 6.73. The van der Waals surface area contributed by atoms with Gasteiger partial charge in [0.25, 0.3) is 0 Å². The van der Waals surface area contributed by atoms with Gasteiger partial charge in [-0.3, -0.25) is 0 Å². The Kier molecular flexibility index (Phi) is 5.06. The summed E-state index contributed by atoms with van der Waals surface area (Å²) in [7, 11) is 0. The molecule has 1 heterocycles. The lowest BCUT2D eigenvalue weighted by atomic mass is 10.1. The first-order valence-electron chi connectivity index (χ1n) is 6.06. The van der Waals surface area contributed by atoms with Crippen molar-refractivity contribution in [3.8, 4) is 0 Å². The number of nitrogens with one attached hydrogen (secondary N) is 1. The smallest absolute Gasteiger partial charge is 0.174 e. The van der Waals surface area contributed by atoms with Gasteiger partial charge in [0.05, 0.1) is 0 Å². The molecule has 2 unspecified atom stereocenters. The summed E-state index contributed by atoms with van der Waals surface area (Å²) in [5, 5.41) is 12.3. The van der Waals surface area contributed by atoms with Gasteiger partial charge in [-0.25, -0.2) is 0 Å². The van der Waals surface area contributed by atoms with E-state index in [9.17, 15) is 0 Å². The van der Waals surface area contributed by atoms with E-state index in [0.717, 1.165) is 10.9 Å². The van der Waals surface area contributed by atoms with Crippen LogP contribution < -0.4 is 5.32 Å². The molecule has 1 aromatic heterocycles. The van der Waals surface area contributed by atoms with Crippen LogP contribution in [0.4, 0.5) is 0 Å². The number of hydrogen-bond donors (Lipinski definition) is 1. The Labute approximate surface area is 105 Å². The first kappa shape index (κ1) is 12.3. The molecule has 0 spiro atoms. The molecule has 1 aromatic rings. The summed E-state index contributed by atoms with van der Waals surface area (Å²) in [5.74, 6) is 0. The summed E-state index contributed by atoms with van der Waals surface area (Å²) in [4.78, 5) is 0. The monoisotopic (exact) mass is 257 g/mol. The highest BCUT2D eigenvalue weighted by atomic mass is 32.2. The molecule has 0 amide bonds. The van der Waals surface area contributed by atoms with Crippen LogP contribution in [0.3, 0.4) is 0 Å². The Balaban J connectivity index is 1.96. The van der Waals surface area contributed by atoms with Crippen molar-refractivity contribution in [2.75, 3.05) is 6.54 Å². The summed E-state index contributed by atoms with van der Waals surface area (Å²) in [6, 6.07) is 0.654. The normalized spacial score (nSPS) is 26.6.